The third-order valence-electron chi connectivity index (χ3n) is 5.87. The fraction of sp³-hybridized carbons (Fsp3) is 0.364. The first kappa shape index (κ1) is 22.6. The van der Waals surface area contributed by atoms with Crippen LogP contribution in [-0.2, 0) is 19.6 Å². The van der Waals surface area contributed by atoms with Gasteiger partial charge in [-0.3, -0.25) is 9.59 Å². The van der Waals surface area contributed by atoms with Gasteiger partial charge in [-0.2, -0.15) is 4.31 Å². The smallest absolute Gasteiger partial charge is 0.265 e. The van der Waals surface area contributed by atoms with Gasteiger partial charge in [0, 0.05) is 29.7 Å². The zero-order chi connectivity index (χ0) is 23.0. The maximum absolute atomic E-state index is 13.1. The number of rotatable bonds is 4. The molecule has 2 aromatic carbocycles. The number of anilines is 2. The highest BCUT2D eigenvalue weighted by Crippen LogP contribution is 2.34. The number of ether oxygens (including phenoxy) is 1. The first-order valence-electron chi connectivity index (χ1n) is 10.3. The molecule has 170 valence electrons. The van der Waals surface area contributed by atoms with Crippen molar-refractivity contribution < 1.29 is 22.7 Å². The SMILES string of the molecule is Cc1c(Cl)cccc1NC(=O)C1CCN(S(=O)(=O)c2ccc3c(c2)NC(=O)C(C)O3)CC1. The number of carbonyl (C=O) groups excluding carboxylic acids is 2. The van der Waals surface area contributed by atoms with Gasteiger partial charge in [0.15, 0.2) is 6.10 Å². The van der Waals surface area contributed by atoms with E-state index in [9.17, 15) is 18.0 Å². The summed E-state index contributed by atoms with van der Waals surface area (Å²) in [5.41, 5.74) is 1.78. The summed E-state index contributed by atoms with van der Waals surface area (Å²) in [6.45, 7) is 3.91. The molecule has 0 aromatic heterocycles. The topological polar surface area (TPSA) is 105 Å². The van der Waals surface area contributed by atoms with Crippen LogP contribution in [0.2, 0.25) is 5.02 Å². The molecule has 2 aliphatic heterocycles. The predicted octanol–water partition coefficient (Wildman–Crippen LogP) is 3.41. The van der Waals surface area contributed by atoms with E-state index in [1.165, 1.54) is 16.4 Å². The first-order chi connectivity index (χ1) is 15.2. The van der Waals surface area contributed by atoms with Gasteiger partial charge in [-0.15, -0.1) is 0 Å². The Balaban J connectivity index is 1.42. The van der Waals surface area contributed by atoms with E-state index in [1.54, 1.807) is 31.2 Å². The molecule has 2 aliphatic rings. The van der Waals surface area contributed by atoms with Crippen LogP contribution in [0.25, 0.3) is 0 Å². The molecular formula is C22H24ClN3O5S. The molecule has 0 spiro atoms. The lowest BCUT2D eigenvalue weighted by Crippen LogP contribution is -2.41. The van der Waals surface area contributed by atoms with Crippen LogP contribution in [0.1, 0.15) is 25.3 Å². The van der Waals surface area contributed by atoms with E-state index in [1.807, 2.05) is 6.92 Å². The number of amides is 2. The van der Waals surface area contributed by atoms with Crippen LogP contribution in [-0.4, -0.2) is 43.7 Å². The van der Waals surface area contributed by atoms with E-state index in [0.29, 0.717) is 35.0 Å². The summed E-state index contributed by atoms with van der Waals surface area (Å²) in [5, 5.41) is 6.15. The Morgan fingerprint density at radius 2 is 1.94 bits per heavy atom. The van der Waals surface area contributed by atoms with Crippen molar-refractivity contribution in [1.82, 2.24) is 4.31 Å². The number of benzene rings is 2. The lowest BCUT2D eigenvalue weighted by atomic mass is 9.97. The van der Waals surface area contributed by atoms with Crippen LogP contribution in [0.4, 0.5) is 11.4 Å². The minimum absolute atomic E-state index is 0.0761. The van der Waals surface area contributed by atoms with Crippen LogP contribution >= 0.6 is 11.6 Å². The van der Waals surface area contributed by atoms with E-state index in [0.717, 1.165) is 5.56 Å². The summed E-state index contributed by atoms with van der Waals surface area (Å²) in [7, 11) is -3.77. The molecule has 32 heavy (non-hydrogen) atoms. The number of hydrogen-bond donors (Lipinski definition) is 2. The molecule has 2 N–H and O–H groups in total. The highest BCUT2D eigenvalue weighted by molar-refractivity contribution is 7.89. The molecule has 1 fully saturated rings. The van der Waals surface area contributed by atoms with Crippen molar-refractivity contribution in [1.29, 1.82) is 0 Å². The van der Waals surface area contributed by atoms with Crippen LogP contribution in [0.3, 0.4) is 0 Å². The standard InChI is InChI=1S/C22H24ClN3O5S/c1-13-17(23)4-3-5-18(13)24-22(28)15-8-10-26(11-9-15)32(29,30)16-6-7-20-19(12-16)25-21(27)14(2)31-20/h3-7,12,14-15H,8-11H2,1-2H3,(H,24,28)(H,25,27). The van der Waals surface area contributed by atoms with Gasteiger partial charge in [0.25, 0.3) is 5.91 Å². The zero-order valence-corrected chi connectivity index (χ0v) is 19.3. The number of fused-ring (bicyclic) bond motifs is 1. The Morgan fingerprint density at radius 1 is 1.22 bits per heavy atom. The first-order valence-corrected chi connectivity index (χ1v) is 12.2. The number of nitrogens with one attached hydrogen (secondary N) is 2. The summed E-state index contributed by atoms with van der Waals surface area (Å²) >= 11 is 6.11. The highest BCUT2D eigenvalue weighted by Gasteiger charge is 2.33. The second kappa shape index (κ2) is 8.73. The van der Waals surface area contributed by atoms with Gasteiger partial charge in [-0.05, 0) is 62.6 Å². The summed E-state index contributed by atoms with van der Waals surface area (Å²) in [6, 6.07) is 9.75. The number of carbonyl (C=O) groups is 2. The van der Waals surface area contributed by atoms with Gasteiger partial charge < -0.3 is 15.4 Å². The van der Waals surface area contributed by atoms with Crippen molar-refractivity contribution in [3.63, 3.8) is 0 Å². The van der Waals surface area contributed by atoms with Crippen LogP contribution < -0.4 is 15.4 Å². The average molecular weight is 478 g/mol. The molecule has 1 saturated heterocycles. The minimum Gasteiger partial charge on any atom is -0.479 e. The van der Waals surface area contributed by atoms with Crippen molar-refractivity contribution >= 4 is 44.8 Å². The second-order valence-electron chi connectivity index (χ2n) is 7.99. The predicted molar refractivity (Wildman–Crippen MR) is 121 cm³/mol. The molecule has 0 aliphatic carbocycles. The molecule has 1 unspecified atom stereocenters. The lowest BCUT2D eigenvalue weighted by Gasteiger charge is -2.31. The van der Waals surface area contributed by atoms with Gasteiger partial charge in [-0.25, -0.2) is 8.42 Å². The van der Waals surface area contributed by atoms with Crippen LogP contribution in [0, 0.1) is 12.8 Å². The quantitative estimate of drug-likeness (QED) is 0.702. The van der Waals surface area contributed by atoms with Gasteiger partial charge in [0.1, 0.15) is 5.75 Å². The van der Waals surface area contributed by atoms with Crippen LogP contribution in [0.5, 0.6) is 5.75 Å². The van der Waals surface area contributed by atoms with E-state index in [2.05, 4.69) is 10.6 Å². The van der Waals surface area contributed by atoms with Crippen molar-refractivity contribution in [3.8, 4) is 5.75 Å². The summed E-state index contributed by atoms with van der Waals surface area (Å²) in [4.78, 5) is 24.6. The molecule has 0 saturated carbocycles. The van der Waals surface area contributed by atoms with Gasteiger partial charge in [0.05, 0.1) is 10.6 Å². The van der Waals surface area contributed by atoms with Gasteiger partial charge >= 0.3 is 0 Å². The Morgan fingerprint density at radius 3 is 2.66 bits per heavy atom. The molecule has 2 aromatic rings. The number of nitrogens with zero attached hydrogens (tertiary/aromatic N) is 1. The van der Waals surface area contributed by atoms with Crippen molar-refractivity contribution in [2.75, 3.05) is 23.7 Å². The Hall–Kier alpha value is -2.62. The molecule has 2 amide bonds. The Kier molecular flexibility index (Phi) is 6.15. The van der Waals surface area contributed by atoms with Gasteiger partial charge in [0.2, 0.25) is 15.9 Å². The third kappa shape index (κ3) is 4.32. The maximum atomic E-state index is 13.1. The monoisotopic (exact) mass is 477 g/mol. The summed E-state index contributed by atoms with van der Waals surface area (Å²) in [6.07, 6.45) is 0.186. The second-order valence-corrected chi connectivity index (χ2v) is 10.3. The fourth-order valence-corrected chi connectivity index (χ4v) is 5.50. The molecule has 2 heterocycles. The Labute approximate surface area is 191 Å². The van der Waals surface area contributed by atoms with Crippen molar-refractivity contribution in [2.45, 2.75) is 37.7 Å². The van der Waals surface area contributed by atoms with E-state index in [-0.39, 0.29) is 35.7 Å². The maximum Gasteiger partial charge on any atom is 0.265 e. The minimum atomic E-state index is -3.77. The third-order valence-corrected chi connectivity index (χ3v) is 8.17. The van der Waals surface area contributed by atoms with Crippen molar-refractivity contribution in [2.24, 2.45) is 5.92 Å². The van der Waals surface area contributed by atoms with E-state index >= 15 is 0 Å². The molecule has 0 bridgehead atoms. The van der Waals surface area contributed by atoms with Crippen molar-refractivity contribution in [3.05, 3.63) is 47.0 Å². The van der Waals surface area contributed by atoms with Gasteiger partial charge in [-0.1, -0.05) is 17.7 Å². The normalized spacial score (nSPS) is 19.6. The molecular weight excluding hydrogens is 454 g/mol. The number of sulfonamides is 1. The number of piperidine rings is 1. The van der Waals surface area contributed by atoms with E-state index in [4.69, 9.17) is 16.3 Å². The molecule has 8 nitrogen and oxygen atoms in total. The van der Waals surface area contributed by atoms with E-state index < -0.39 is 16.1 Å². The molecule has 10 heteroatoms. The average Bonchev–Trinajstić information content (AvgIpc) is 2.77. The van der Waals surface area contributed by atoms with Crippen LogP contribution in [0.15, 0.2) is 41.3 Å². The molecule has 0 radical (unpaired) electrons. The highest BCUT2D eigenvalue weighted by atomic mass is 35.5. The zero-order valence-electron chi connectivity index (χ0n) is 17.7. The largest absolute Gasteiger partial charge is 0.479 e. The summed E-state index contributed by atoms with van der Waals surface area (Å²) < 4.78 is 33.1. The molecule has 4 rings (SSSR count). The Bertz CT molecular complexity index is 1180. The summed E-state index contributed by atoms with van der Waals surface area (Å²) in [5.74, 6) is -0.329. The molecule has 1 atom stereocenters. The lowest BCUT2D eigenvalue weighted by molar-refractivity contribution is -0.123. The fourth-order valence-electron chi connectivity index (χ4n) is 3.83. The number of hydrogen-bond acceptors (Lipinski definition) is 5. The number of halogens is 1.